The van der Waals surface area contributed by atoms with Gasteiger partial charge in [0.05, 0.1) is 0 Å². The number of alkyl halides is 3. The first-order valence-electron chi connectivity index (χ1n) is 6.13. The number of carbonyl (C=O) groups excluding carboxylic acids is 1. The van der Waals surface area contributed by atoms with E-state index in [1.54, 1.807) is 0 Å². The molecule has 1 atom stereocenters. The van der Waals surface area contributed by atoms with Crippen molar-refractivity contribution in [3.8, 4) is 0 Å². The third-order valence-electron chi connectivity index (χ3n) is 2.50. The number of hydrogen-bond acceptors (Lipinski definition) is 3. The average Bonchev–Trinajstić information content (AvgIpc) is 2.38. The molecule has 0 fully saturated rings. The third kappa shape index (κ3) is 7.13. The van der Waals surface area contributed by atoms with Crippen LogP contribution in [0, 0.1) is 0 Å². The number of carboxylic acids is 1. The quantitative estimate of drug-likeness (QED) is 0.738. The van der Waals surface area contributed by atoms with Gasteiger partial charge in [-0.25, -0.2) is 4.79 Å². The maximum Gasteiger partial charge on any atom is 0.471 e. The van der Waals surface area contributed by atoms with Crippen LogP contribution in [0.3, 0.4) is 0 Å². The molecule has 0 aromatic heterocycles. The summed E-state index contributed by atoms with van der Waals surface area (Å²) in [6, 6.07) is -0.641. The van der Waals surface area contributed by atoms with Crippen molar-refractivity contribution in [2.45, 2.75) is 44.8 Å². The fraction of sp³-hybridized carbons (Fsp3) is 0.667. The highest BCUT2D eigenvalue weighted by Crippen LogP contribution is 2.20. The Hall–Kier alpha value is -1.57. The third-order valence-corrected chi connectivity index (χ3v) is 2.50. The van der Waals surface area contributed by atoms with Crippen LogP contribution in [0.25, 0.3) is 0 Å². The Kier molecular flexibility index (Phi) is 7.90. The van der Waals surface area contributed by atoms with Gasteiger partial charge in [-0.2, -0.15) is 13.2 Å². The Morgan fingerprint density at radius 3 is 2.30 bits per heavy atom. The molecule has 0 aromatic carbocycles. The molecular weight excluding hydrogens is 279 g/mol. The number of hydrogen-bond donors (Lipinski definition) is 3. The summed E-state index contributed by atoms with van der Waals surface area (Å²) in [5.41, 5.74) is 0.178. The van der Waals surface area contributed by atoms with Gasteiger partial charge >= 0.3 is 18.1 Å². The summed E-state index contributed by atoms with van der Waals surface area (Å²) in [6.07, 6.45) is -2.19. The maximum atomic E-state index is 11.9. The fourth-order valence-corrected chi connectivity index (χ4v) is 1.43. The topological polar surface area (TPSA) is 86.6 Å². The van der Waals surface area contributed by atoms with E-state index in [9.17, 15) is 22.8 Å². The van der Waals surface area contributed by atoms with Gasteiger partial charge in [-0.3, -0.25) is 4.79 Å². The van der Waals surface area contributed by atoms with Crippen LogP contribution < -0.4 is 5.32 Å². The summed E-state index contributed by atoms with van der Waals surface area (Å²) in [5, 5.41) is 18.3. The Balaban J connectivity index is 0.000000796. The number of aliphatic carboxylic acids is 1. The zero-order valence-electron chi connectivity index (χ0n) is 11.0. The van der Waals surface area contributed by atoms with Gasteiger partial charge in [-0.15, -0.1) is 0 Å². The lowest BCUT2D eigenvalue weighted by molar-refractivity contribution is -0.174. The van der Waals surface area contributed by atoms with Gasteiger partial charge in [-0.05, 0) is 25.7 Å². The van der Waals surface area contributed by atoms with E-state index in [1.807, 2.05) is 12.2 Å². The Morgan fingerprint density at radius 1 is 1.45 bits per heavy atom. The van der Waals surface area contributed by atoms with Crippen molar-refractivity contribution < 1.29 is 33.0 Å². The number of aliphatic hydroxyl groups excluding tert-OH is 1. The first-order valence-corrected chi connectivity index (χ1v) is 6.13. The van der Waals surface area contributed by atoms with Gasteiger partial charge in [-0.1, -0.05) is 13.0 Å². The van der Waals surface area contributed by atoms with Gasteiger partial charge in [0.15, 0.2) is 0 Å². The number of carbonyl (C=O) groups is 2. The van der Waals surface area contributed by atoms with Crippen LogP contribution in [-0.4, -0.2) is 40.9 Å². The Morgan fingerprint density at radius 2 is 2.00 bits per heavy atom. The van der Waals surface area contributed by atoms with Crippen molar-refractivity contribution >= 4 is 11.9 Å². The van der Waals surface area contributed by atoms with Crippen molar-refractivity contribution in [3.05, 3.63) is 11.6 Å². The maximum absolute atomic E-state index is 11.9. The highest BCUT2D eigenvalue weighted by molar-refractivity contribution is 5.87. The molecule has 116 valence electrons. The normalized spacial score (nSPS) is 18.4. The molecule has 0 spiro atoms. The Labute approximate surface area is 114 Å². The SMILES string of the molecule is CCCO.O=C(O)C1=CCC(NC(=O)C(F)(F)F)CC1. The van der Waals surface area contributed by atoms with Crippen LogP contribution in [0.15, 0.2) is 11.6 Å². The van der Waals surface area contributed by atoms with Gasteiger partial charge in [0.2, 0.25) is 0 Å². The largest absolute Gasteiger partial charge is 0.478 e. The van der Waals surface area contributed by atoms with Gasteiger partial charge in [0, 0.05) is 18.2 Å². The number of aliphatic hydroxyl groups is 1. The van der Waals surface area contributed by atoms with Gasteiger partial charge < -0.3 is 15.5 Å². The molecule has 8 heteroatoms. The van der Waals surface area contributed by atoms with Crippen LogP contribution in [0.5, 0.6) is 0 Å². The molecule has 1 aliphatic rings. The van der Waals surface area contributed by atoms with E-state index in [1.165, 1.54) is 6.08 Å². The molecule has 0 aliphatic heterocycles. The van der Waals surface area contributed by atoms with Crippen molar-refractivity contribution in [1.29, 1.82) is 0 Å². The average molecular weight is 297 g/mol. The first kappa shape index (κ1) is 18.4. The van der Waals surface area contributed by atoms with Crippen molar-refractivity contribution in [2.75, 3.05) is 6.61 Å². The zero-order valence-corrected chi connectivity index (χ0v) is 11.0. The fourth-order valence-electron chi connectivity index (χ4n) is 1.43. The molecule has 0 bridgehead atoms. The summed E-state index contributed by atoms with van der Waals surface area (Å²) in [5.74, 6) is -3.05. The summed E-state index contributed by atoms with van der Waals surface area (Å²) < 4.78 is 35.7. The summed E-state index contributed by atoms with van der Waals surface area (Å²) >= 11 is 0. The molecule has 0 radical (unpaired) electrons. The van der Waals surface area contributed by atoms with Crippen molar-refractivity contribution in [2.24, 2.45) is 0 Å². The molecule has 1 rings (SSSR count). The predicted molar refractivity (Wildman–Crippen MR) is 64.9 cm³/mol. The molecular formula is C12H18F3NO4. The number of nitrogens with one attached hydrogen (secondary N) is 1. The first-order chi connectivity index (χ1) is 9.22. The minimum atomic E-state index is -4.89. The molecule has 0 aromatic rings. The number of rotatable bonds is 3. The lowest BCUT2D eigenvalue weighted by atomic mass is 9.95. The number of carboxylic acid groups (broad SMARTS) is 1. The lowest BCUT2D eigenvalue weighted by Gasteiger charge is -2.22. The molecule has 0 saturated heterocycles. The van der Waals surface area contributed by atoms with Crippen LogP contribution in [0.4, 0.5) is 13.2 Å². The zero-order chi connectivity index (χ0) is 15.8. The summed E-state index contributed by atoms with van der Waals surface area (Å²) in [7, 11) is 0. The van der Waals surface area contributed by atoms with Crippen LogP contribution in [0.1, 0.15) is 32.6 Å². The van der Waals surface area contributed by atoms with E-state index >= 15 is 0 Å². The predicted octanol–water partition coefficient (Wildman–Crippen LogP) is 1.62. The second kappa shape index (κ2) is 8.57. The summed E-state index contributed by atoms with van der Waals surface area (Å²) in [6.45, 7) is 2.25. The van der Waals surface area contributed by atoms with E-state index in [0.29, 0.717) is 6.61 Å². The Bertz CT molecular complexity index is 364. The van der Waals surface area contributed by atoms with E-state index in [4.69, 9.17) is 10.2 Å². The van der Waals surface area contributed by atoms with E-state index in [-0.39, 0.29) is 24.8 Å². The van der Waals surface area contributed by atoms with Crippen molar-refractivity contribution in [1.82, 2.24) is 5.32 Å². The van der Waals surface area contributed by atoms with E-state index in [0.717, 1.165) is 6.42 Å². The molecule has 3 N–H and O–H groups in total. The minimum Gasteiger partial charge on any atom is -0.478 e. The van der Waals surface area contributed by atoms with Crippen LogP contribution in [0.2, 0.25) is 0 Å². The molecule has 1 amide bonds. The minimum absolute atomic E-state index is 0.115. The van der Waals surface area contributed by atoms with Crippen LogP contribution in [-0.2, 0) is 9.59 Å². The second-order valence-electron chi connectivity index (χ2n) is 4.20. The molecule has 5 nitrogen and oxygen atoms in total. The number of halogens is 3. The molecule has 0 saturated carbocycles. The second-order valence-corrected chi connectivity index (χ2v) is 4.20. The molecule has 20 heavy (non-hydrogen) atoms. The standard InChI is InChI=1S/C9H10F3NO3.C3H8O/c10-9(11,12)8(16)13-6-3-1-5(2-4-6)7(14)15;1-2-3-4/h1,6H,2-4H2,(H,13,16)(H,14,15);4H,2-3H2,1H3. The summed E-state index contributed by atoms with van der Waals surface area (Å²) in [4.78, 5) is 21.1. The molecule has 1 aliphatic carbocycles. The highest BCUT2D eigenvalue weighted by atomic mass is 19.4. The molecule has 1 unspecified atom stereocenters. The lowest BCUT2D eigenvalue weighted by Crippen LogP contribution is -2.43. The van der Waals surface area contributed by atoms with E-state index in [2.05, 4.69) is 0 Å². The van der Waals surface area contributed by atoms with Gasteiger partial charge in [0.25, 0.3) is 0 Å². The van der Waals surface area contributed by atoms with Crippen LogP contribution >= 0.6 is 0 Å². The van der Waals surface area contributed by atoms with E-state index < -0.39 is 24.1 Å². The van der Waals surface area contributed by atoms with Crippen molar-refractivity contribution in [3.63, 3.8) is 0 Å². The molecule has 0 heterocycles. The highest BCUT2D eigenvalue weighted by Gasteiger charge is 2.39. The van der Waals surface area contributed by atoms with Gasteiger partial charge in [0.1, 0.15) is 0 Å². The number of amides is 1. The smallest absolute Gasteiger partial charge is 0.471 e. The monoisotopic (exact) mass is 297 g/mol.